The summed E-state index contributed by atoms with van der Waals surface area (Å²) in [7, 11) is 0. The highest BCUT2D eigenvalue weighted by molar-refractivity contribution is 6.17. The molecule has 0 bridgehead atoms. The normalized spacial score (nSPS) is 13.7. The van der Waals surface area contributed by atoms with Crippen LogP contribution in [0, 0.1) is 0 Å². The average Bonchev–Trinajstić information content (AvgIpc) is 3.82. The molecule has 0 N–H and O–H groups in total. The second-order valence-electron chi connectivity index (χ2n) is 18.8. The molecule has 0 fully saturated rings. The van der Waals surface area contributed by atoms with Gasteiger partial charge in [0.05, 0.1) is 16.8 Å². The molecule has 0 heterocycles. The molecule has 2 heteroatoms. The minimum absolute atomic E-state index is 0.129. The lowest BCUT2D eigenvalue weighted by Gasteiger charge is -2.34. The number of nitrogens with zero attached hydrogens (tertiary/aromatic N) is 2. The van der Waals surface area contributed by atoms with Crippen molar-refractivity contribution in [3.63, 3.8) is 0 Å². The number of hydrogen-bond donors (Lipinski definition) is 0. The highest BCUT2D eigenvalue weighted by Crippen LogP contribution is 2.59. The maximum absolute atomic E-state index is 2.53. The van der Waals surface area contributed by atoms with Gasteiger partial charge >= 0.3 is 0 Å². The fraction of sp³-hybridized carbons (Fsp3) is 0.0606. The summed E-state index contributed by atoms with van der Waals surface area (Å²) in [6.07, 6.45) is 0. The molecule has 2 nitrogen and oxygen atoms in total. The van der Waals surface area contributed by atoms with Gasteiger partial charge in [0.15, 0.2) is 0 Å². The van der Waals surface area contributed by atoms with Crippen molar-refractivity contribution in [2.45, 2.75) is 24.7 Å². The first-order chi connectivity index (χ1) is 33.5. The molecule has 322 valence electrons. The predicted molar refractivity (Wildman–Crippen MR) is 286 cm³/mol. The molecule has 0 aromatic heterocycles. The zero-order chi connectivity index (χ0) is 45.4. The molecule has 11 aromatic rings. The van der Waals surface area contributed by atoms with E-state index in [1.165, 1.54) is 82.9 Å². The molecule has 0 amide bonds. The molecule has 0 saturated heterocycles. The topological polar surface area (TPSA) is 6.48 Å². The number of anilines is 6. The summed E-state index contributed by atoms with van der Waals surface area (Å²) < 4.78 is 0. The van der Waals surface area contributed by atoms with Gasteiger partial charge in [-0.15, -0.1) is 0 Å². The molecular weight excluding hydrogens is 821 g/mol. The van der Waals surface area contributed by atoms with E-state index in [9.17, 15) is 0 Å². The Morgan fingerprint density at radius 2 is 0.794 bits per heavy atom. The molecule has 0 radical (unpaired) electrons. The fourth-order valence-corrected chi connectivity index (χ4v) is 11.9. The van der Waals surface area contributed by atoms with Gasteiger partial charge in [-0.25, -0.2) is 0 Å². The van der Waals surface area contributed by atoms with Crippen LogP contribution in [0.25, 0.3) is 43.8 Å². The van der Waals surface area contributed by atoms with Gasteiger partial charge in [-0.05, 0) is 133 Å². The molecule has 68 heavy (non-hydrogen) atoms. The van der Waals surface area contributed by atoms with E-state index in [4.69, 9.17) is 0 Å². The van der Waals surface area contributed by atoms with Crippen LogP contribution in [0.4, 0.5) is 34.1 Å². The van der Waals surface area contributed by atoms with Crippen molar-refractivity contribution in [2.24, 2.45) is 0 Å². The second-order valence-corrected chi connectivity index (χ2v) is 18.8. The summed E-state index contributed by atoms with van der Waals surface area (Å²) in [5, 5.41) is 4.85. The molecule has 0 spiro atoms. The summed E-state index contributed by atoms with van der Waals surface area (Å²) in [6, 6.07) is 94.4. The Labute approximate surface area is 398 Å². The summed E-state index contributed by atoms with van der Waals surface area (Å²) >= 11 is 0. The SMILES string of the molecule is CC1(C)c2ccccc2-c2c(N(c3ccccc3)c3cccc(N(c4ccccc4)c4cc5ccccc5c5cc6c(cc45)-c4ccccc4C6(c4ccccc4)c4ccccc4)c3)cccc21. The van der Waals surface area contributed by atoms with Gasteiger partial charge in [0.25, 0.3) is 0 Å². The van der Waals surface area contributed by atoms with Crippen LogP contribution in [-0.2, 0) is 10.8 Å². The third-order valence-electron chi connectivity index (χ3n) is 14.9. The molecule has 2 aliphatic carbocycles. The maximum atomic E-state index is 2.53. The van der Waals surface area contributed by atoms with Crippen molar-refractivity contribution < 1.29 is 0 Å². The second kappa shape index (κ2) is 15.6. The van der Waals surface area contributed by atoms with Gasteiger partial charge in [0.2, 0.25) is 0 Å². The average molecular weight is 869 g/mol. The third kappa shape index (κ3) is 5.90. The van der Waals surface area contributed by atoms with Gasteiger partial charge in [0.1, 0.15) is 0 Å². The van der Waals surface area contributed by atoms with Crippen LogP contribution in [0.15, 0.2) is 255 Å². The van der Waals surface area contributed by atoms with Crippen molar-refractivity contribution in [1.82, 2.24) is 0 Å². The Hall–Kier alpha value is -8.46. The largest absolute Gasteiger partial charge is 0.310 e. The quantitative estimate of drug-likeness (QED) is 0.140. The lowest BCUT2D eigenvalue weighted by Crippen LogP contribution is -2.28. The minimum Gasteiger partial charge on any atom is -0.310 e. The van der Waals surface area contributed by atoms with Gasteiger partial charge in [0, 0.05) is 39.1 Å². The number of hydrogen-bond acceptors (Lipinski definition) is 2. The van der Waals surface area contributed by atoms with Crippen molar-refractivity contribution in [3.05, 3.63) is 288 Å². The minimum atomic E-state index is -0.512. The standard InChI is InChI=1S/C66H48N2/c1-65(2)58-37-19-18-36-54(58)64-60(65)39-22-40-62(64)67(48-28-11-5-12-29-48)50-32-21-33-51(42-50)68(49-30-13-6-14-31-49)63-41-45-23-15-16-34-52(45)55-44-61-56(43-57(55)63)53-35-17-20-38-59(53)66(61,46-24-7-3-8-25-46)47-26-9-4-10-27-47/h3-44H,1-2H3. The number of benzene rings is 11. The maximum Gasteiger partial charge on any atom is 0.0713 e. The lowest BCUT2D eigenvalue weighted by molar-refractivity contribution is 0.660. The van der Waals surface area contributed by atoms with Gasteiger partial charge in [-0.2, -0.15) is 0 Å². The first-order valence-corrected chi connectivity index (χ1v) is 23.8. The summed E-state index contributed by atoms with van der Waals surface area (Å²) in [4.78, 5) is 4.93. The van der Waals surface area contributed by atoms with Gasteiger partial charge in [-0.1, -0.05) is 202 Å². The van der Waals surface area contributed by atoms with Crippen LogP contribution in [0.1, 0.15) is 47.2 Å². The van der Waals surface area contributed by atoms with Crippen molar-refractivity contribution >= 4 is 55.7 Å². The van der Waals surface area contributed by atoms with Crippen LogP contribution in [0.5, 0.6) is 0 Å². The molecule has 0 saturated carbocycles. The van der Waals surface area contributed by atoms with Crippen LogP contribution >= 0.6 is 0 Å². The van der Waals surface area contributed by atoms with E-state index in [0.717, 1.165) is 28.4 Å². The Morgan fingerprint density at radius 1 is 0.294 bits per heavy atom. The monoisotopic (exact) mass is 868 g/mol. The Balaban J connectivity index is 1.08. The highest BCUT2D eigenvalue weighted by Gasteiger charge is 2.46. The number of fused-ring (bicyclic) bond motifs is 9. The smallest absolute Gasteiger partial charge is 0.0713 e. The van der Waals surface area contributed by atoms with E-state index in [-0.39, 0.29) is 5.41 Å². The first kappa shape index (κ1) is 39.9. The summed E-state index contributed by atoms with van der Waals surface area (Å²) in [6.45, 7) is 4.72. The van der Waals surface area contributed by atoms with Crippen molar-refractivity contribution in [2.75, 3.05) is 9.80 Å². The number of rotatable bonds is 8. The molecule has 0 atom stereocenters. The van der Waals surface area contributed by atoms with Gasteiger partial charge < -0.3 is 9.80 Å². The van der Waals surface area contributed by atoms with E-state index in [1.54, 1.807) is 0 Å². The molecule has 0 unspecified atom stereocenters. The van der Waals surface area contributed by atoms with Crippen molar-refractivity contribution in [1.29, 1.82) is 0 Å². The molecule has 0 aliphatic heterocycles. The third-order valence-corrected chi connectivity index (χ3v) is 14.9. The lowest BCUT2D eigenvalue weighted by atomic mass is 9.67. The Bertz CT molecular complexity index is 3670. The molecular formula is C66H48N2. The van der Waals surface area contributed by atoms with Crippen molar-refractivity contribution in [3.8, 4) is 22.3 Å². The molecule has 2 aliphatic rings. The molecule has 13 rings (SSSR count). The van der Waals surface area contributed by atoms with E-state index in [2.05, 4.69) is 278 Å². The van der Waals surface area contributed by atoms with Gasteiger partial charge in [-0.3, -0.25) is 0 Å². The van der Waals surface area contributed by atoms with Crippen LogP contribution in [0.2, 0.25) is 0 Å². The predicted octanol–water partition coefficient (Wildman–Crippen LogP) is 17.6. The Kier molecular flexibility index (Phi) is 9.13. The molecule has 11 aromatic carbocycles. The first-order valence-electron chi connectivity index (χ1n) is 23.8. The Morgan fingerprint density at radius 3 is 1.46 bits per heavy atom. The van der Waals surface area contributed by atoms with E-state index in [0.29, 0.717) is 0 Å². The fourth-order valence-electron chi connectivity index (χ4n) is 11.9. The summed E-state index contributed by atoms with van der Waals surface area (Å²) in [5.41, 5.74) is 19.0. The highest BCUT2D eigenvalue weighted by atomic mass is 15.2. The van der Waals surface area contributed by atoms with Crippen LogP contribution in [-0.4, -0.2) is 0 Å². The summed E-state index contributed by atoms with van der Waals surface area (Å²) in [5.74, 6) is 0. The van der Waals surface area contributed by atoms with Crippen LogP contribution < -0.4 is 9.80 Å². The van der Waals surface area contributed by atoms with Crippen LogP contribution in [0.3, 0.4) is 0 Å². The zero-order valence-electron chi connectivity index (χ0n) is 38.1. The van der Waals surface area contributed by atoms with E-state index < -0.39 is 5.41 Å². The van der Waals surface area contributed by atoms with E-state index in [1.807, 2.05) is 0 Å². The number of para-hydroxylation sites is 2. The zero-order valence-corrected chi connectivity index (χ0v) is 38.1. The van der Waals surface area contributed by atoms with E-state index >= 15 is 0 Å².